The van der Waals surface area contributed by atoms with Gasteiger partial charge in [-0.1, -0.05) is 6.07 Å². The second-order valence-corrected chi connectivity index (χ2v) is 6.60. The van der Waals surface area contributed by atoms with Crippen LogP contribution in [0.15, 0.2) is 17.5 Å². The molecule has 0 radical (unpaired) electrons. The van der Waals surface area contributed by atoms with Crippen molar-refractivity contribution < 1.29 is 4.79 Å². The molecule has 0 aromatic carbocycles. The topological polar surface area (TPSA) is 32.3 Å². The van der Waals surface area contributed by atoms with Gasteiger partial charge in [0.1, 0.15) is 0 Å². The largest absolute Gasteiger partial charge is 0.343 e. The molecule has 2 heterocycles. The molecule has 1 amide bonds. The number of hydrogen-bond acceptors (Lipinski definition) is 3. The maximum Gasteiger partial charge on any atom is 0.223 e. The molecule has 2 fully saturated rings. The van der Waals surface area contributed by atoms with Crippen molar-refractivity contribution in [3.8, 4) is 0 Å². The van der Waals surface area contributed by atoms with E-state index in [0.717, 1.165) is 25.6 Å². The van der Waals surface area contributed by atoms with Crippen LogP contribution in [0.4, 0.5) is 0 Å². The Morgan fingerprint density at radius 1 is 1.42 bits per heavy atom. The van der Waals surface area contributed by atoms with Crippen LogP contribution in [-0.2, 0) is 4.79 Å². The number of nitrogens with zero attached hydrogens (tertiary/aromatic N) is 1. The maximum absolute atomic E-state index is 12.0. The van der Waals surface area contributed by atoms with Gasteiger partial charge in [0.05, 0.1) is 0 Å². The highest BCUT2D eigenvalue weighted by atomic mass is 32.1. The third kappa shape index (κ3) is 3.37. The molecule has 0 spiro atoms. The van der Waals surface area contributed by atoms with Crippen molar-refractivity contribution >= 4 is 17.2 Å². The second-order valence-electron chi connectivity index (χ2n) is 5.62. The first-order valence-electron chi connectivity index (χ1n) is 7.39. The molecule has 1 N–H and O–H groups in total. The van der Waals surface area contributed by atoms with Crippen LogP contribution >= 0.6 is 11.3 Å². The van der Waals surface area contributed by atoms with Crippen molar-refractivity contribution in [1.82, 2.24) is 10.2 Å². The lowest BCUT2D eigenvalue weighted by molar-refractivity contribution is -0.130. The predicted molar refractivity (Wildman–Crippen MR) is 78.2 cm³/mol. The molecule has 3 rings (SSSR count). The standard InChI is InChI=1S/C15H22N2OS/c18-14(17-9-1-2-10-17)7-8-16-15(12-5-6-12)13-4-3-11-19-13/h3-4,11-12,15-16H,1-2,5-10H2. The smallest absolute Gasteiger partial charge is 0.223 e. The molecule has 0 bridgehead atoms. The Kier molecular flexibility index (Phi) is 4.18. The van der Waals surface area contributed by atoms with Gasteiger partial charge in [0, 0.05) is 37.0 Å². The molecule has 104 valence electrons. The van der Waals surface area contributed by atoms with Crippen LogP contribution < -0.4 is 5.32 Å². The number of thiophene rings is 1. The van der Waals surface area contributed by atoms with Gasteiger partial charge < -0.3 is 10.2 Å². The summed E-state index contributed by atoms with van der Waals surface area (Å²) in [6.45, 7) is 2.75. The lowest BCUT2D eigenvalue weighted by Gasteiger charge is -2.19. The average molecular weight is 278 g/mol. The molecule has 3 nitrogen and oxygen atoms in total. The fraction of sp³-hybridized carbons (Fsp3) is 0.667. The van der Waals surface area contributed by atoms with Gasteiger partial charge in [-0.2, -0.15) is 0 Å². The number of nitrogens with one attached hydrogen (secondary N) is 1. The average Bonchev–Trinajstić information content (AvgIpc) is 2.94. The van der Waals surface area contributed by atoms with Crippen LogP contribution in [-0.4, -0.2) is 30.4 Å². The second kappa shape index (κ2) is 6.06. The van der Waals surface area contributed by atoms with Gasteiger partial charge in [0.25, 0.3) is 0 Å². The minimum absolute atomic E-state index is 0.325. The Bertz CT molecular complexity index is 408. The molecule has 1 saturated carbocycles. The van der Waals surface area contributed by atoms with Crippen molar-refractivity contribution in [2.24, 2.45) is 5.92 Å². The first-order chi connectivity index (χ1) is 9.34. The van der Waals surface area contributed by atoms with Gasteiger partial charge in [-0.3, -0.25) is 4.79 Å². The number of amides is 1. The Morgan fingerprint density at radius 3 is 2.84 bits per heavy atom. The number of rotatable bonds is 6. The number of likely N-dealkylation sites (tertiary alicyclic amines) is 1. The van der Waals surface area contributed by atoms with Crippen molar-refractivity contribution in [3.63, 3.8) is 0 Å². The summed E-state index contributed by atoms with van der Waals surface area (Å²) >= 11 is 1.83. The van der Waals surface area contributed by atoms with E-state index in [0.29, 0.717) is 18.4 Å². The summed E-state index contributed by atoms with van der Waals surface area (Å²) in [4.78, 5) is 15.4. The van der Waals surface area contributed by atoms with Gasteiger partial charge >= 0.3 is 0 Å². The minimum Gasteiger partial charge on any atom is -0.343 e. The van der Waals surface area contributed by atoms with Crippen molar-refractivity contribution in [2.45, 2.75) is 38.1 Å². The van der Waals surface area contributed by atoms with E-state index in [4.69, 9.17) is 0 Å². The molecule has 1 unspecified atom stereocenters. The van der Waals surface area contributed by atoms with E-state index in [1.54, 1.807) is 0 Å². The minimum atomic E-state index is 0.325. The van der Waals surface area contributed by atoms with Crippen LogP contribution in [0, 0.1) is 5.92 Å². The van der Waals surface area contributed by atoms with Crippen LogP contribution in [0.25, 0.3) is 0 Å². The van der Waals surface area contributed by atoms with Crippen LogP contribution in [0.1, 0.15) is 43.0 Å². The summed E-state index contributed by atoms with van der Waals surface area (Å²) in [5.74, 6) is 1.12. The summed E-state index contributed by atoms with van der Waals surface area (Å²) in [5, 5.41) is 5.74. The molecule has 1 saturated heterocycles. The monoisotopic (exact) mass is 278 g/mol. The van der Waals surface area contributed by atoms with E-state index in [1.165, 1.54) is 30.6 Å². The van der Waals surface area contributed by atoms with Gasteiger partial charge in [0.2, 0.25) is 5.91 Å². The molecular weight excluding hydrogens is 256 g/mol. The summed E-state index contributed by atoms with van der Waals surface area (Å²) in [5.41, 5.74) is 0. The summed E-state index contributed by atoms with van der Waals surface area (Å²) in [6.07, 6.45) is 5.66. The lowest BCUT2D eigenvalue weighted by atomic mass is 10.1. The highest BCUT2D eigenvalue weighted by Crippen LogP contribution is 2.42. The fourth-order valence-electron chi connectivity index (χ4n) is 2.86. The molecule has 1 aromatic heterocycles. The number of carbonyl (C=O) groups is 1. The van der Waals surface area contributed by atoms with E-state index in [9.17, 15) is 4.79 Å². The van der Waals surface area contributed by atoms with Gasteiger partial charge in [-0.05, 0) is 43.0 Å². The highest BCUT2D eigenvalue weighted by Gasteiger charge is 2.32. The SMILES string of the molecule is O=C(CCNC(c1cccs1)C1CC1)N1CCCC1. The third-order valence-electron chi connectivity index (χ3n) is 4.11. The molecule has 1 aromatic rings. The Hall–Kier alpha value is -0.870. The van der Waals surface area contributed by atoms with Crippen molar-refractivity contribution in [3.05, 3.63) is 22.4 Å². The molecule has 1 atom stereocenters. The van der Waals surface area contributed by atoms with Crippen LogP contribution in [0.5, 0.6) is 0 Å². The molecule has 1 aliphatic heterocycles. The van der Waals surface area contributed by atoms with E-state index in [-0.39, 0.29) is 0 Å². The van der Waals surface area contributed by atoms with Crippen LogP contribution in [0.3, 0.4) is 0 Å². The zero-order valence-corrected chi connectivity index (χ0v) is 12.1. The molecule has 19 heavy (non-hydrogen) atoms. The van der Waals surface area contributed by atoms with E-state index in [2.05, 4.69) is 22.8 Å². The van der Waals surface area contributed by atoms with E-state index < -0.39 is 0 Å². The zero-order valence-electron chi connectivity index (χ0n) is 11.3. The normalized spacial score (nSPS) is 20.7. The highest BCUT2D eigenvalue weighted by molar-refractivity contribution is 7.10. The molecule has 4 heteroatoms. The van der Waals surface area contributed by atoms with Crippen LogP contribution in [0.2, 0.25) is 0 Å². The number of hydrogen-bond donors (Lipinski definition) is 1. The lowest BCUT2D eigenvalue weighted by Crippen LogP contribution is -2.32. The van der Waals surface area contributed by atoms with Crippen molar-refractivity contribution in [2.75, 3.05) is 19.6 Å². The molecule has 1 aliphatic carbocycles. The Labute approximate surface area is 119 Å². The number of carbonyl (C=O) groups excluding carboxylic acids is 1. The van der Waals surface area contributed by atoms with E-state index >= 15 is 0 Å². The first kappa shape index (κ1) is 13.1. The Morgan fingerprint density at radius 2 is 2.21 bits per heavy atom. The van der Waals surface area contributed by atoms with Gasteiger partial charge in [-0.15, -0.1) is 11.3 Å². The summed E-state index contributed by atoms with van der Waals surface area (Å²) in [7, 11) is 0. The van der Waals surface area contributed by atoms with Crippen molar-refractivity contribution in [1.29, 1.82) is 0 Å². The zero-order chi connectivity index (χ0) is 13.1. The summed E-state index contributed by atoms with van der Waals surface area (Å²) in [6, 6.07) is 4.81. The maximum atomic E-state index is 12.0. The molecule has 2 aliphatic rings. The van der Waals surface area contributed by atoms with E-state index in [1.807, 2.05) is 16.2 Å². The molecular formula is C15H22N2OS. The first-order valence-corrected chi connectivity index (χ1v) is 8.27. The van der Waals surface area contributed by atoms with Gasteiger partial charge in [0.15, 0.2) is 0 Å². The quantitative estimate of drug-likeness (QED) is 0.868. The summed E-state index contributed by atoms with van der Waals surface area (Å²) < 4.78 is 0. The van der Waals surface area contributed by atoms with Gasteiger partial charge in [-0.25, -0.2) is 0 Å². The predicted octanol–water partition coefficient (Wildman–Crippen LogP) is 2.80. The fourth-order valence-corrected chi connectivity index (χ4v) is 3.75. The third-order valence-corrected chi connectivity index (χ3v) is 5.06. The Balaban J connectivity index is 1.46.